The van der Waals surface area contributed by atoms with Gasteiger partial charge in [0, 0.05) is 0 Å². The molecule has 0 saturated heterocycles. The molecule has 1 aromatic rings. The molecule has 1 amide bonds. The Kier molecular flexibility index (Phi) is 4.49. The molecule has 2 atom stereocenters. The third kappa shape index (κ3) is 3.30. The van der Waals surface area contributed by atoms with Crippen LogP contribution >= 0.6 is 0 Å². The van der Waals surface area contributed by atoms with Gasteiger partial charge >= 0.3 is 0 Å². The minimum Gasteiger partial charge on any atom is -0.462 e. The first-order valence-electron chi connectivity index (χ1n) is 6.37. The summed E-state index contributed by atoms with van der Waals surface area (Å²) in [5, 5.41) is 2.75. The molecule has 1 aromatic carbocycles. The quantitative estimate of drug-likeness (QED) is 0.848. The summed E-state index contributed by atoms with van der Waals surface area (Å²) in [7, 11) is 0. The van der Waals surface area contributed by atoms with Crippen LogP contribution in [-0.2, 0) is 9.53 Å². The van der Waals surface area contributed by atoms with E-state index in [-0.39, 0.29) is 17.7 Å². The van der Waals surface area contributed by atoms with E-state index in [0.29, 0.717) is 6.47 Å². The number of ether oxygens (including phenoxy) is 1. The maximum atomic E-state index is 13.5. The zero-order valence-corrected chi connectivity index (χ0v) is 10.5. The molecule has 0 spiro atoms. The van der Waals surface area contributed by atoms with Crippen molar-refractivity contribution in [2.45, 2.75) is 37.8 Å². The van der Waals surface area contributed by atoms with Crippen LogP contribution in [0.15, 0.2) is 24.3 Å². The van der Waals surface area contributed by atoms with Gasteiger partial charge in [-0.1, -0.05) is 18.6 Å². The van der Waals surface area contributed by atoms with Gasteiger partial charge in [-0.3, -0.25) is 9.59 Å². The highest BCUT2D eigenvalue weighted by Gasteiger charge is 2.28. The van der Waals surface area contributed by atoms with E-state index in [1.807, 2.05) is 0 Å². The van der Waals surface area contributed by atoms with Crippen LogP contribution in [0.1, 0.15) is 36.0 Å². The fraction of sp³-hybridized carbons (Fsp3) is 0.429. The second-order valence-corrected chi connectivity index (χ2v) is 4.62. The second-order valence-electron chi connectivity index (χ2n) is 4.62. The van der Waals surface area contributed by atoms with Crippen molar-refractivity contribution in [2.24, 2.45) is 0 Å². The molecular weight excluding hydrogens is 249 g/mol. The zero-order valence-electron chi connectivity index (χ0n) is 10.5. The van der Waals surface area contributed by atoms with Crippen molar-refractivity contribution >= 4 is 12.4 Å². The Morgan fingerprint density at radius 1 is 1.32 bits per heavy atom. The Labute approximate surface area is 110 Å². The van der Waals surface area contributed by atoms with Gasteiger partial charge in [0.2, 0.25) is 0 Å². The van der Waals surface area contributed by atoms with Crippen LogP contribution in [0.3, 0.4) is 0 Å². The van der Waals surface area contributed by atoms with Crippen molar-refractivity contribution in [2.75, 3.05) is 0 Å². The predicted octanol–water partition coefficient (Wildman–Crippen LogP) is 2.04. The Morgan fingerprint density at radius 2 is 2.05 bits per heavy atom. The Hall–Kier alpha value is -1.91. The fourth-order valence-corrected chi connectivity index (χ4v) is 2.39. The number of benzene rings is 1. The molecule has 102 valence electrons. The van der Waals surface area contributed by atoms with Gasteiger partial charge in [0.05, 0.1) is 11.6 Å². The number of carbonyl (C=O) groups excluding carboxylic acids is 2. The second kappa shape index (κ2) is 6.31. The summed E-state index contributed by atoms with van der Waals surface area (Å²) in [5.74, 6) is -1.02. The van der Waals surface area contributed by atoms with Crippen molar-refractivity contribution in [1.82, 2.24) is 5.32 Å². The van der Waals surface area contributed by atoms with Crippen molar-refractivity contribution < 1.29 is 18.7 Å². The maximum absolute atomic E-state index is 13.5. The Balaban J connectivity index is 2.04. The third-order valence-electron chi connectivity index (χ3n) is 3.37. The molecule has 4 nitrogen and oxygen atoms in total. The lowest BCUT2D eigenvalue weighted by Crippen LogP contribution is -2.46. The number of halogens is 1. The van der Waals surface area contributed by atoms with Gasteiger partial charge in [0.1, 0.15) is 11.9 Å². The van der Waals surface area contributed by atoms with Gasteiger partial charge in [0.25, 0.3) is 12.4 Å². The Bertz CT molecular complexity index is 464. The van der Waals surface area contributed by atoms with E-state index < -0.39 is 11.7 Å². The van der Waals surface area contributed by atoms with Gasteiger partial charge in [-0.25, -0.2) is 4.39 Å². The van der Waals surface area contributed by atoms with Crippen LogP contribution in [0.4, 0.5) is 4.39 Å². The van der Waals surface area contributed by atoms with E-state index in [4.69, 9.17) is 4.74 Å². The first kappa shape index (κ1) is 13.5. The first-order chi connectivity index (χ1) is 9.22. The average Bonchev–Trinajstić information content (AvgIpc) is 2.41. The third-order valence-corrected chi connectivity index (χ3v) is 3.37. The van der Waals surface area contributed by atoms with E-state index in [1.54, 1.807) is 6.07 Å². The number of hydrogen-bond donors (Lipinski definition) is 1. The fourth-order valence-electron chi connectivity index (χ4n) is 2.39. The highest BCUT2D eigenvalue weighted by molar-refractivity contribution is 5.94. The summed E-state index contributed by atoms with van der Waals surface area (Å²) >= 11 is 0. The number of nitrogens with one attached hydrogen (secondary N) is 1. The predicted molar refractivity (Wildman–Crippen MR) is 67.1 cm³/mol. The molecule has 0 aliphatic heterocycles. The van der Waals surface area contributed by atoms with Crippen LogP contribution in [0.2, 0.25) is 0 Å². The molecule has 5 heteroatoms. The van der Waals surface area contributed by atoms with Crippen LogP contribution in [0, 0.1) is 5.82 Å². The standard InChI is InChI=1S/C14H16FNO3/c15-11-6-2-1-5-10(11)14(18)16-12-7-3-4-8-13(12)19-9-17/h1-2,5-6,9,12-13H,3-4,7-8H2,(H,16,18). The molecule has 0 radical (unpaired) electrons. The van der Waals surface area contributed by atoms with Gasteiger partial charge in [-0.2, -0.15) is 0 Å². The summed E-state index contributed by atoms with van der Waals surface area (Å²) < 4.78 is 18.5. The summed E-state index contributed by atoms with van der Waals surface area (Å²) in [4.78, 5) is 22.4. The van der Waals surface area contributed by atoms with Crippen LogP contribution in [-0.4, -0.2) is 24.5 Å². The van der Waals surface area contributed by atoms with Crippen LogP contribution in [0.25, 0.3) is 0 Å². The molecule has 2 rings (SSSR count). The minimum absolute atomic E-state index is 0.0120. The number of carbonyl (C=O) groups is 2. The topological polar surface area (TPSA) is 55.4 Å². The summed E-state index contributed by atoms with van der Waals surface area (Å²) in [6.07, 6.45) is 3.06. The van der Waals surface area contributed by atoms with Crippen molar-refractivity contribution in [3.05, 3.63) is 35.6 Å². The van der Waals surface area contributed by atoms with Crippen LogP contribution in [0.5, 0.6) is 0 Å². The monoisotopic (exact) mass is 265 g/mol. The molecule has 0 aromatic heterocycles. The van der Waals surface area contributed by atoms with Crippen molar-refractivity contribution in [3.63, 3.8) is 0 Å². The molecular formula is C14H16FNO3. The lowest BCUT2D eigenvalue weighted by molar-refractivity contribution is -0.136. The normalized spacial score (nSPS) is 22.6. The smallest absolute Gasteiger partial charge is 0.293 e. The van der Waals surface area contributed by atoms with E-state index >= 15 is 0 Å². The van der Waals surface area contributed by atoms with E-state index in [0.717, 1.165) is 25.7 Å². The molecule has 19 heavy (non-hydrogen) atoms. The maximum Gasteiger partial charge on any atom is 0.293 e. The first-order valence-corrected chi connectivity index (χ1v) is 6.37. The summed E-state index contributed by atoms with van der Waals surface area (Å²) in [6.45, 7) is 0.401. The van der Waals surface area contributed by atoms with Gasteiger partial charge in [-0.05, 0) is 31.4 Å². The van der Waals surface area contributed by atoms with Gasteiger partial charge in [-0.15, -0.1) is 0 Å². The molecule has 1 fully saturated rings. The van der Waals surface area contributed by atoms with Gasteiger partial charge < -0.3 is 10.1 Å². The molecule has 2 unspecified atom stereocenters. The average molecular weight is 265 g/mol. The summed E-state index contributed by atoms with van der Waals surface area (Å²) in [6, 6.07) is 5.58. The number of hydrogen-bond acceptors (Lipinski definition) is 3. The number of rotatable bonds is 4. The highest BCUT2D eigenvalue weighted by atomic mass is 19.1. The zero-order chi connectivity index (χ0) is 13.7. The molecule has 1 N–H and O–H groups in total. The van der Waals surface area contributed by atoms with E-state index in [1.165, 1.54) is 18.2 Å². The lowest BCUT2D eigenvalue weighted by atomic mass is 9.92. The van der Waals surface area contributed by atoms with Crippen LogP contribution < -0.4 is 5.32 Å². The van der Waals surface area contributed by atoms with E-state index in [2.05, 4.69) is 5.32 Å². The largest absolute Gasteiger partial charge is 0.462 e. The highest BCUT2D eigenvalue weighted by Crippen LogP contribution is 2.21. The van der Waals surface area contributed by atoms with E-state index in [9.17, 15) is 14.0 Å². The van der Waals surface area contributed by atoms with Crippen molar-refractivity contribution in [3.8, 4) is 0 Å². The Morgan fingerprint density at radius 3 is 2.79 bits per heavy atom. The molecule has 0 bridgehead atoms. The summed E-state index contributed by atoms with van der Waals surface area (Å²) in [5.41, 5.74) is 0.0120. The minimum atomic E-state index is -0.552. The molecule has 1 saturated carbocycles. The molecule has 1 aliphatic rings. The van der Waals surface area contributed by atoms with Gasteiger partial charge in [0.15, 0.2) is 0 Å². The van der Waals surface area contributed by atoms with Crippen molar-refractivity contribution in [1.29, 1.82) is 0 Å². The molecule has 1 aliphatic carbocycles. The lowest BCUT2D eigenvalue weighted by Gasteiger charge is -2.30. The number of amides is 1. The SMILES string of the molecule is O=COC1CCCCC1NC(=O)c1ccccc1F. The molecule has 0 heterocycles.